The third-order valence-electron chi connectivity index (χ3n) is 3.83. The van der Waals surface area contributed by atoms with Gasteiger partial charge in [0.2, 0.25) is 11.1 Å². The van der Waals surface area contributed by atoms with Crippen LogP contribution in [0.3, 0.4) is 0 Å². The van der Waals surface area contributed by atoms with Crippen LogP contribution in [0.25, 0.3) is 11.2 Å². The Bertz CT molecular complexity index is 999. The molecule has 0 aliphatic heterocycles. The second kappa shape index (κ2) is 7.13. The van der Waals surface area contributed by atoms with Crippen LogP contribution in [-0.2, 0) is 18.8 Å². The van der Waals surface area contributed by atoms with E-state index < -0.39 is 11.2 Å². The number of H-pyrrole nitrogens is 2. The number of fused-ring (bicyclic) bond motifs is 1. The van der Waals surface area contributed by atoms with Crippen LogP contribution >= 0.6 is 11.8 Å². The van der Waals surface area contributed by atoms with Gasteiger partial charge in [0.1, 0.15) is 5.82 Å². The topological polar surface area (TPSA) is 140 Å². The molecular weight excluding hydrogens is 344 g/mol. The van der Waals surface area contributed by atoms with Gasteiger partial charge < -0.3 is 10.3 Å². The Morgan fingerprint density at radius 3 is 2.64 bits per heavy atom. The molecule has 3 aromatic heterocycles. The van der Waals surface area contributed by atoms with Gasteiger partial charge in [-0.2, -0.15) is 4.98 Å². The molecule has 25 heavy (non-hydrogen) atoms. The minimum Gasteiger partial charge on any atom is -0.368 e. The van der Waals surface area contributed by atoms with Crippen LogP contribution < -0.4 is 17.0 Å². The predicted molar refractivity (Wildman–Crippen MR) is 95.6 cm³/mol. The molecular formula is C14H20N8O2S. The second-order valence-corrected chi connectivity index (χ2v) is 6.44. The lowest BCUT2D eigenvalue weighted by molar-refractivity contribution is 0.613. The van der Waals surface area contributed by atoms with Crippen LogP contribution in [0, 0.1) is 0 Å². The van der Waals surface area contributed by atoms with Crippen molar-refractivity contribution in [1.82, 2.24) is 34.3 Å². The van der Waals surface area contributed by atoms with Crippen molar-refractivity contribution >= 4 is 28.9 Å². The van der Waals surface area contributed by atoms with Gasteiger partial charge in [-0.1, -0.05) is 25.1 Å². The molecule has 11 heteroatoms. The van der Waals surface area contributed by atoms with Gasteiger partial charge in [-0.15, -0.1) is 5.10 Å². The van der Waals surface area contributed by atoms with Gasteiger partial charge in [-0.05, 0) is 13.3 Å². The number of hydrogen-bond donors (Lipinski definition) is 3. The van der Waals surface area contributed by atoms with Crippen LogP contribution in [-0.4, -0.2) is 34.3 Å². The maximum absolute atomic E-state index is 12.3. The van der Waals surface area contributed by atoms with E-state index in [1.165, 1.54) is 16.3 Å². The van der Waals surface area contributed by atoms with E-state index >= 15 is 0 Å². The number of aryl methyl sites for hydroxylation is 2. The summed E-state index contributed by atoms with van der Waals surface area (Å²) in [4.78, 5) is 35.5. The van der Waals surface area contributed by atoms with E-state index in [0.29, 0.717) is 41.0 Å². The fourth-order valence-electron chi connectivity index (χ4n) is 2.64. The number of hydrogen-bond acceptors (Lipinski definition) is 7. The standard InChI is InChI=1S/C14H20N8O2S/c1-3-5-6-22-10-9(11(23)17-14(22)24)21(4-2)8(16-10)7-25-13-18-12(15)19-20-13/h3-7H2,1-2H3,(H,17,23,24)(H3,15,18,19,20). The highest BCUT2D eigenvalue weighted by molar-refractivity contribution is 7.98. The number of thioether (sulfide) groups is 1. The molecule has 0 radical (unpaired) electrons. The summed E-state index contributed by atoms with van der Waals surface area (Å²) in [6.07, 6.45) is 1.77. The highest BCUT2D eigenvalue weighted by Crippen LogP contribution is 2.21. The Labute approximate surface area is 146 Å². The number of nitrogens with one attached hydrogen (secondary N) is 2. The SMILES string of the molecule is CCCCn1c(=O)[nH]c(=O)c2c1nc(CSc1n[nH]c(N)n1)n2CC. The summed E-state index contributed by atoms with van der Waals surface area (Å²) in [5.41, 5.74) is 5.53. The van der Waals surface area contributed by atoms with Gasteiger partial charge >= 0.3 is 5.69 Å². The normalized spacial score (nSPS) is 11.4. The number of rotatable bonds is 7. The van der Waals surface area contributed by atoms with E-state index in [1.54, 1.807) is 0 Å². The summed E-state index contributed by atoms with van der Waals surface area (Å²) >= 11 is 1.36. The number of anilines is 1. The van der Waals surface area contributed by atoms with Gasteiger partial charge in [0, 0.05) is 13.1 Å². The molecule has 0 aromatic carbocycles. The Morgan fingerprint density at radius 2 is 2.00 bits per heavy atom. The first-order valence-corrected chi connectivity index (χ1v) is 9.06. The fourth-order valence-corrected chi connectivity index (χ4v) is 3.40. The lowest BCUT2D eigenvalue weighted by Gasteiger charge is -2.06. The van der Waals surface area contributed by atoms with E-state index in [0.717, 1.165) is 12.8 Å². The van der Waals surface area contributed by atoms with E-state index in [1.807, 2.05) is 18.4 Å². The molecule has 0 spiro atoms. The number of imidazole rings is 1. The van der Waals surface area contributed by atoms with Crippen molar-refractivity contribution in [3.63, 3.8) is 0 Å². The van der Waals surface area contributed by atoms with Crippen LogP contribution in [0.15, 0.2) is 14.7 Å². The minimum atomic E-state index is -0.423. The maximum Gasteiger partial charge on any atom is 0.330 e. The third-order valence-corrected chi connectivity index (χ3v) is 4.67. The number of nitrogen functional groups attached to an aromatic ring is 1. The molecule has 0 atom stereocenters. The molecule has 4 N–H and O–H groups in total. The smallest absolute Gasteiger partial charge is 0.330 e. The number of nitrogens with two attached hydrogens (primary N) is 1. The molecule has 3 aromatic rings. The van der Waals surface area contributed by atoms with Crippen molar-refractivity contribution in [2.75, 3.05) is 5.73 Å². The lowest BCUT2D eigenvalue weighted by Crippen LogP contribution is -2.31. The van der Waals surface area contributed by atoms with Crippen molar-refractivity contribution in [1.29, 1.82) is 0 Å². The molecule has 0 bridgehead atoms. The van der Waals surface area contributed by atoms with Gasteiger partial charge in [-0.25, -0.2) is 14.9 Å². The van der Waals surface area contributed by atoms with Crippen LogP contribution in [0.4, 0.5) is 5.95 Å². The largest absolute Gasteiger partial charge is 0.368 e. The summed E-state index contributed by atoms with van der Waals surface area (Å²) in [6, 6.07) is 0. The highest BCUT2D eigenvalue weighted by atomic mass is 32.2. The molecule has 10 nitrogen and oxygen atoms in total. The van der Waals surface area contributed by atoms with Crippen LogP contribution in [0.1, 0.15) is 32.5 Å². The Hall–Kier alpha value is -2.56. The van der Waals surface area contributed by atoms with Crippen LogP contribution in [0.5, 0.6) is 0 Å². The number of aromatic amines is 2. The van der Waals surface area contributed by atoms with Crippen molar-refractivity contribution < 1.29 is 0 Å². The van der Waals surface area contributed by atoms with Crippen LogP contribution in [0.2, 0.25) is 0 Å². The maximum atomic E-state index is 12.3. The lowest BCUT2D eigenvalue weighted by atomic mass is 10.3. The van der Waals surface area contributed by atoms with Crippen molar-refractivity contribution in [3.8, 4) is 0 Å². The van der Waals surface area contributed by atoms with Gasteiger partial charge in [0.15, 0.2) is 11.2 Å². The van der Waals surface area contributed by atoms with Gasteiger partial charge in [0.05, 0.1) is 5.75 Å². The molecule has 0 amide bonds. The fraction of sp³-hybridized carbons (Fsp3) is 0.500. The first-order valence-electron chi connectivity index (χ1n) is 8.08. The monoisotopic (exact) mass is 364 g/mol. The van der Waals surface area contributed by atoms with E-state index in [-0.39, 0.29) is 5.95 Å². The summed E-state index contributed by atoms with van der Waals surface area (Å²) in [6.45, 7) is 5.06. The molecule has 3 heterocycles. The second-order valence-electron chi connectivity index (χ2n) is 5.50. The molecule has 0 saturated carbocycles. The first kappa shape index (κ1) is 17.3. The minimum absolute atomic E-state index is 0.247. The number of unbranched alkanes of at least 4 members (excludes halogenated alkanes) is 1. The average Bonchev–Trinajstić information content (AvgIpc) is 3.16. The zero-order valence-corrected chi connectivity index (χ0v) is 14.9. The Morgan fingerprint density at radius 1 is 1.20 bits per heavy atom. The molecule has 0 unspecified atom stereocenters. The molecule has 0 saturated heterocycles. The zero-order valence-electron chi connectivity index (χ0n) is 14.1. The summed E-state index contributed by atoms with van der Waals surface area (Å²) in [5.74, 6) is 1.39. The Kier molecular flexibility index (Phi) is 4.93. The van der Waals surface area contributed by atoms with Gasteiger partial charge in [-0.3, -0.25) is 14.3 Å². The summed E-state index contributed by atoms with van der Waals surface area (Å²) in [7, 11) is 0. The first-order chi connectivity index (χ1) is 12.0. The number of aromatic nitrogens is 7. The molecule has 134 valence electrons. The molecule has 0 aliphatic carbocycles. The van der Waals surface area contributed by atoms with E-state index in [2.05, 4.69) is 25.1 Å². The highest BCUT2D eigenvalue weighted by Gasteiger charge is 2.18. The third kappa shape index (κ3) is 3.31. The Balaban J connectivity index is 2.05. The van der Waals surface area contributed by atoms with Crippen molar-refractivity contribution in [2.24, 2.45) is 0 Å². The molecule has 0 fully saturated rings. The van der Waals surface area contributed by atoms with Gasteiger partial charge in [0.25, 0.3) is 5.56 Å². The molecule has 0 aliphatic rings. The molecule has 3 rings (SSSR count). The summed E-state index contributed by atoms with van der Waals surface area (Å²) in [5, 5.41) is 7.05. The number of nitrogens with zero attached hydrogens (tertiary/aromatic N) is 5. The van der Waals surface area contributed by atoms with Crippen molar-refractivity contribution in [2.45, 2.75) is 50.7 Å². The predicted octanol–water partition coefficient (Wildman–Crippen LogP) is 0.699. The van der Waals surface area contributed by atoms with E-state index in [9.17, 15) is 9.59 Å². The average molecular weight is 364 g/mol. The summed E-state index contributed by atoms with van der Waals surface area (Å²) < 4.78 is 3.35. The quantitative estimate of drug-likeness (QED) is 0.524. The van der Waals surface area contributed by atoms with E-state index in [4.69, 9.17) is 5.73 Å². The van der Waals surface area contributed by atoms with Crippen molar-refractivity contribution in [3.05, 3.63) is 26.7 Å². The zero-order chi connectivity index (χ0) is 18.0.